The van der Waals surface area contributed by atoms with Gasteiger partial charge in [-0.25, -0.2) is 0 Å². The van der Waals surface area contributed by atoms with Gasteiger partial charge in [-0.15, -0.1) is 0 Å². The van der Waals surface area contributed by atoms with E-state index in [0.717, 1.165) is 0 Å². The molecule has 3 aliphatic rings. The molecular weight excluding hydrogens is 300 g/mol. The average Bonchev–Trinajstić information content (AvgIpc) is 2.83. The van der Waals surface area contributed by atoms with Crippen LogP contribution in [0.2, 0.25) is 0 Å². The van der Waals surface area contributed by atoms with Crippen molar-refractivity contribution < 1.29 is 4.74 Å². The van der Waals surface area contributed by atoms with Gasteiger partial charge in [-0.1, -0.05) is 54.5 Å². The van der Waals surface area contributed by atoms with E-state index >= 15 is 0 Å². The summed E-state index contributed by atoms with van der Waals surface area (Å²) in [6.07, 6.45) is 18.6. The van der Waals surface area contributed by atoms with Crippen LogP contribution in [0.3, 0.4) is 0 Å². The Bertz CT molecular complexity index is 290. The Morgan fingerprint density at radius 3 is 2.11 bits per heavy atom. The molecule has 1 unspecified atom stereocenters. The van der Waals surface area contributed by atoms with Crippen LogP contribution in [-0.4, -0.2) is 17.0 Å². The second-order valence-electron chi connectivity index (χ2n) is 7.42. The molecule has 1 heterocycles. The van der Waals surface area contributed by atoms with Gasteiger partial charge in [0.05, 0.1) is 11.7 Å². The van der Waals surface area contributed by atoms with Gasteiger partial charge in [-0.05, 0) is 50.4 Å². The summed E-state index contributed by atoms with van der Waals surface area (Å²) in [7, 11) is 0. The van der Waals surface area contributed by atoms with E-state index in [4.69, 9.17) is 4.74 Å². The number of hydrogen-bond donors (Lipinski definition) is 0. The quantitative estimate of drug-likeness (QED) is 0.612. The molecule has 0 N–H and O–H groups in total. The summed E-state index contributed by atoms with van der Waals surface area (Å²) in [6, 6.07) is 0. The molecule has 3 rings (SSSR count). The van der Waals surface area contributed by atoms with Gasteiger partial charge < -0.3 is 4.74 Å². The summed E-state index contributed by atoms with van der Waals surface area (Å²) in [5, 5.41) is 1.19. The van der Waals surface area contributed by atoms with Crippen LogP contribution in [0.5, 0.6) is 0 Å². The van der Waals surface area contributed by atoms with Crippen molar-refractivity contribution >= 4 is 15.9 Å². The largest absolute Gasteiger partial charge is 0.372 e. The van der Waals surface area contributed by atoms with Crippen molar-refractivity contribution in [1.82, 2.24) is 0 Å². The molecule has 19 heavy (non-hydrogen) atoms. The molecule has 1 atom stereocenters. The molecule has 2 saturated carbocycles. The van der Waals surface area contributed by atoms with Gasteiger partial charge in [-0.3, -0.25) is 0 Å². The predicted octanol–water partition coefficient (Wildman–Crippen LogP) is 5.60. The Balaban J connectivity index is 1.58. The summed E-state index contributed by atoms with van der Waals surface area (Å²) >= 11 is 3.81. The van der Waals surface area contributed by atoms with Crippen LogP contribution in [0.1, 0.15) is 83.5 Å². The fourth-order valence-corrected chi connectivity index (χ4v) is 5.57. The molecule has 3 fully saturated rings. The van der Waals surface area contributed by atoms with E-state index in [2.05, 4.69) is 15.9 Å². The van der Waals surface area contributed by atoms with Crippen LogP contribution in [0.15, 0.2) is 0 Å². The van der Waals surface area contributed by atoms with Gasteiger partial charge in [0, 0.05) is 5.33 Å². The third-order valence-electron chi connectivity index (χ3n) is 5.96. The van der Waals surface area contributed by atoms with E-state index in [1.807, 2.05) is 0 Å². The Kier molecular flexibility index (Phi) is 4.58. The van der Waals surface area contributed by atoms with E-state index < -0.39 is 0 Å². The Hall–Kier alpha value is 0.440. The van der Waals surface area contributed by atoms with Crippen molar-refractivity contribution in [2.45, 2.75) is 95.2 Å². The Morgan fingerprint density at radius 2 is 1.47 bits per heavy atom. The van der Waals surface area contributed by atoms with E-state index in [1.165, 1.54) is 88.8 Å². The van der Waals surface area contributed by atoms with E-state index in [0.29, 0.717) is 17.1 Å². The van der Waals surface area contributed by atoms with Gasteiger partial charge in [0.2, 0.25) is 0 Å². The van der Waals surface area contributed by atoms with E-state index in [1.54, 1.807) is 0 Å². The number of halogens is 1. The van der Waals surface area contributed by atoms with Crippen LogP contribution in [0, 0.1) is 5.41 Å². The summed E-state index contributed by atoms with van der Waals surface area (Å²) in [4.78, 5) is 0. The minimum absolute atomic E-state index is 0.311. The van der Waals surface area contributed by atoms with Crippen LogP contribution < -0.4 is 0 Å². The molecule has 1 nitrogen and oxygen atoms in total. The van der Waals surface area contributed by atoms with Crippen LogP contribution >= 0.6 is 15.9 Å². The normalized spacial score (nSPS) is 33.6. The summed E-state index contributed by atoms with van der Waals surface area (Å²) in [6.45, 7) is 0. The summed E-state index contributed by atoms with van der Waals surface area (Å²) in [5.74, 6) is 0. The van der Waals surface area contributed by atoms with Crippen molar-refractivity contribution in [1.29, 1.82) is 0 Å². The van der Waals surface area contributed by atoms with Crippen molar-refractivity contribution in [3.63, 3.8) is 0 Å². The van der Waals surface area contributed by atoms with Crippen LogP contribution in [0.25, 0.3) is 0 Å². The SMILES string of the molecule is BrCC1(CC2CCC3(CCCCC3)O2)CCCCC1. The molecule has 0 radical (unpaired) electrons. The second kappa shape index (κ2) is 6.05. The minimum Gasteiger partial charge on any atom is -0.372 e. The van der Waals surface area contributed by atoms with Gasteiger partial charge in [0.15, 0.2) is 0 Å². The zero-order chi connectivity index (χ0) is 13.2. The first-order chi connectivity index (χ1) is 9.26. The first kappa shape index (κ1) is 14.4. The highest BCUT2D eigenvalue weighted by atomic mass is 79.9. The zero-order valence-corrected chi connectivity index (χ0v) is 13.8. The lowest BCUT2D eigenvalue weighted by molar-refractivity contribution is -0.0778. The maximum atomic E-state index is 6.60. The molecule has 2 heteroatoms. The highest BCUT2D eigenvalue weighted by molar-refractivity contribution is 9.09. The highest BCUT2D eigenvalue weighted by Gasteiger charge is 2.43. The Labute approximate surface area is 127 Å². The molecule has 2 aliphatic carbocycles. The van der Waals surface area contributed by atoms with E-state index in [9.17, 15) is 0 Å². The molecule has 1 saturated heterocycles. The summed E-state index contributed by atoms with van der Waals surface area (Å²) < 4.78 is 6.60. The Morgan fingerprint density at radius 1 is 0.842 bits per heavy atom. The lowest BCUT2D eigenvalue weighted by Crippen LogP contribution is -2.35. The molecule has 0 aromatic heterocycles. The number of ether oxygens (including phenoxy) is 1. The minimum atomic E-state index is 0.311. The topological polar surface area (TPSA) is 9.23 Å². The van der Waals surface area contributed by atoms with Crippen LogP contribution in [0.4, 0.5) is 0 Å². The molecule has 1 spiro atoms. The predicted molar refractivity (Wildman–Crippen MR) is 83.9 cm³/mol. The second-order valence-corrected chi connectivity index (χ2v) is 7.98. The molecule has 110 valence electrons. The van der Waals surface area contributed by atoms with Gasteiger partial charge in [-0.2, -0.15) is 0 Å². The smallest absolute Gasteiger partial charge is 0.0687 e. The molecular formula is C17H29BrO. The maximum Gasteiger partial charge on any atom is 0.0687 e. The highest BCUT2D eigenvalue weighted by Crippen LogP contribution is 2.48. The van der Waals surface area contributed by atoms with Crippen molar-refractivity contribution in [2.24, 2.45) is 5.41 Å². The van der Waals surface area contributed by atoms with Gasteiger partial charge in [0.1, 0.15) is 0 Å². The third-order valence-corrected chi connectivity index (χ3v) is 7.15. The first-order valence-corrected chi connectivity index (χ1v) is 9.62. The average molecular weight is 329 g/mol. The van der Waals surface area contributed by atoms with Gasteiger partial charge >= 0.3 is 0 Å². The third kappa shape index (κ3) is 3.20. The van der Waals surface area contributed by atoms with Crippen molar-refractivity contribution in [3.05, 3.63) is 0 Å². The summed E-state index contributed by atoms with van der Waals surface area (Å²) in [5.41, 5.74) is 0.869. The molecule has 0 aromatic carbocycles. The van der Waals surface area contributed by atoms with Crippen molar-refractivity contribution in [3.8, 4) is 0 Å². The van der Waals surface area contributed by atoms with Gasteiger partial charge in [0.25, 0.3) is 0 Å². The maximum absolute atomic E-state index is 6.60. The molecule has 1 aliphatic heterocycles. The molecule has 0 aromatic rings. The fourth-order valence-electron chi connectivity index (χ4n) is 4.78. The monoisotopic (exact) mass is 328 g/mol. The van der Waals surface area contributed by atoms with Crippen molar-refractivity contribution in [2.75, 3.05) is 5.33 Å². The molecule has 0 amide bonds. The first-order valence-electron chi connectivity index (χ1n) is 8.50. The van der Waals surface area contributed by atoms with Crippen LogP contribution in [-0.2, 0) is 4.74 Å². The standard InChI is InChI=1S/C17H29BrO/c18-14-16(8-3-1-4-9-16)13-15-7-12-17(19-15)10-5-2-6-11-17/h15H,1-14H2. The molecule has 0 bridgehead atoms. The lowest BCUT2D eigenvalue weighted by atomic mass is 9.72. The zero-order valence-electron chi connectivity index (χ0n) is 12.3. The van der Waals surface area contributed by atoms with E-state index in [-0.39, 0.29) is 0 Å². The fraction of sp³-hybridized carbons (Fsp3) is 1.00. The number of alkyl halides is 1. The number of rotatable bonds is 3. The lowest BCUT2D eigenvalue weighted by Gasteiger charge is -2.39. The number of hydrogen-bond acceptors (Lipinski definition) is 1.